The van der Waals surface area contributed by atoms with Crippen LogP contribution in [-0.4, -0.2) is 48.7 Å². The van der Waals surface area contributed by atoms with Crippen molar-refractivity contribution in [2.45, 2.75) is 19.3 Å². The predicted molar refractivity (Wildman–Crippen MR) is 108 cm³/mol. The molecule has 1 heterocycles. The van der Waals surface area contributed by atoms with Gasteiger partial charge in [0.2, 0.25) is 5.91 Å². The number of carbonyl (C=O) groups is 2. The number of rotatable bonds is 7. The number of hydrogen-bond donors (Lipinski definition) is 2. The molecule has 1 fully saturated rings. The second kappa shape index (κ2) is 10.2. The number of halogens is 2. The van der Waals surface area contributed by atoms with Crippen LogP contribution in [0, 0.1) is 17.6 Å². The Bertz CT molecular complexity index is 936. The van der Waals surface area contributed by atoms with Gasteiger partial charge in [0.1, 0.15) is 17.9 Å². The molecule has 3 rings (SSSR count). The fourth-order valence-electron chi connectivity index (χ4n) is 3.58. The highest BCUT2D eigenvalue weighted by Gasteiger charge is 2.25. The molecule has 1 unspecified atom stereocenters. The molecule has 9 heteroatoms. The summed E-state index contributed by atoms with van der Waals surface area (Å²) in [4.78, 5) is 24.9. The van der Waals surface area contributed by atoms with E-state index in [9.17, 15) is 18.4 Å². The number of nitrogens with zero attached hydrogens (tertiary/aromatic N) is 1. The first-order valence-corrected chi connectivity index (χ1v) is 9.88. The minimum atomic E-state index is -0.974. The van der Waals surface area contributed by atoms with E-state index in [4.69, 9.17) is 14.7 Å². The summed E-state index contributed by atoms with van der Waals surface area (Å²) in [5.74, 6) is -2.05. The lowest BCUT2D eigenvalue weighted by atomic mass is 9.98. The SMILES string of the molecule is COc1cc(F)c(F)cc1-c1ccc(OCC2CCCN(C(=O)CC(=O)NO)C2)cc1. The second-order valence-corrected chi connectivity index (χ2v) is 7.36. The van der Waals surface area contributed by atoms with Crippen LogP contribution in [0.15, 0.2) is 36.4 Å². The molecule has 31 heavy (non-hydrogen) atoms. The summed E-state index contributed by atoms with van der Waals surface area (Å²) in [6.07, 6.45) is 1.30. The van der Waals surface area contributed by atoms with Crippen molar-refractivity contribution in [2.24, 2.45) is 5.92 Å². The number of hydroxylamine groups is 1. The maximum Gasteiger partial charge on any atom is 0.252 e. The fraction of sp³-hybridized carbons (Fsp3) is 0.364. The van der Waals surface area contributed by atoms with Crippen molar-refractivity contribution in [1.29, 1.82) is 0 Å². The zero-order valence-electron chi connectivity index (χ0n) is 17.1. The zero-order chi connectivity index (χ0) is 22.4. The number of hydrogen-bond acceptors (Lipinski definition) is 5. The minimum absolute atomic E-state index is 0.112. The van der Waals surface area contributed by atoms with E-state index in [1.54, 1.807) is 29.2 Å². The summed E-state index contributed by atoms with van der Waals surface area (Å²) in [5.41, 5.74) is 2.55. The summed E-state index contributed by atoms with van der Waals surface area (Å²) in [6, 6.07) is 9.02. The van der Waals surface area contributed by atoms with Crippen molar-refractivity contribution in [1.82, 2.24) is 10.4 Å². The van der Waals surface area contributed by atoms with E-state index in [0.29, 0.717) is 36.6 Å². The summed E-state index contributed by atoms with van der Waals surface area (Å²) < 4.78 is 38.1. The van der Waals surface area contributed by atoms with E-state index in [1.807, 2.05) is 0 Å². The van der Waals surface area contributed by atoms with Gasteiger partial charge in [-0.2, -0.15) is 0 Å². The van der Waals surface area contributed by atoms with E-state index < -0.39 is 17.5 Å². The van der Waals surface area contributed by atoms with Crippen molar-refractivity contribution >= 4 is 11.8 Å². The van der Waals surface area contributed by atoms with Gasteiger partial charge in [-0.1, -0.05) is 12.1 Å². The Hall–Kier alpha value is -3.20. The molecule has 1 aliphatic rings. The first-order valence-electron chi connectivity index (χ1n) is 9.88. The lowest BCUT2D eigenvalue weighted by molar-refractivity contribution is -0.140. The highest BCUT2D eigenvalue weighted by atomic mass is 19.2. The van der Waals surface area contributed by atoms with Crippen LogP contribution in [-0.2, 0) is 9.59 Å². The molecule has 1 aliphatic heterocycles. The lowest BCUT2D eigenvalue weighted by Gasteiger charge is -2.32. The zero-order valence-corrected chi connectivity index (χ0v) is 17.1. The molecule has 2 aromatic rings. The second-order valence-electron chi connectivity index (χ2n) is 7.36. The summed E-state index contributed by atoms with van der Waals surface area (Å²) in [6.45, 7) is 1.43. The molecule has 0 radical (unpaired) electrons. The number of ether oxygens (including phenoxy) is 2. The van der Waals surface area contributed by atoms with Gasteiger partial charge in [0.05, 0.1) is 13.7 Å². The van der Waals surface area contributed by atoms with Crippen molar-refractivity contribution < 1.29 is 33.1 Å². The van der Waals surface area contributed by atoms with Crippen LogP contribution in [0.5, 0.6) is 11.5 Å². The Morgan fingerprint density at radius 3 is 2.58 bits per heavy atom. The van der Waals surface area contributed by atoms with Gasteiger partial charge in [0, 0.05) is 30.6 Å². The van der Waals surface area contributed by atoms with E-state index in [-0.39, 0.29) is 24.0 Å². The molecule has 0 aliphatic carbocycles. The Morgan fingerprint density at radius 2 is 1.90 bits per heavy atom. The minimum Gasteiger partial charge on any atom is -0.496 e. The Morgan fingerprint density at radius 1 is 1.19 bits per heavy atom. The molecule has 0 saturated carbocycles. The van der Waals surface area contributed by atoms with Crippen LogP contribution in [0.25, 0.3) is 11.1 Å². The first-order chi connectivity index (χ1) is 14.9. The van der Waals surface area contributed by atoms with Gasteiger partial charge >= 0.3 is 0 Å². The summed E-state index contributed by atoms with van der Waals surface area (Å²) in [5, 5.41) is 8.56. The average molecular weight is 434 g/mol. The molecule has 7 nitrogen and oxygen atoms in total. The number of benzene rings is 2. The van der Waals surface area contributed by atoms with E-state index >= 15 is 0 Å². The monoisotopic (exact) mass is 434 g/mol. The van der Waals surface area contributed by atoms with E-state index in [1.165, 1.54) is 12.6 Å². The van der Waals surface area contributed by atoms with Crippen LogP contribution >= 0.6 is 0 Å². The number of amides is 2. The summed E-state index contributed by atoms with van der Waals surface area (Å²) >= 11 is 0. The number of piperidine rings is 1. The molecular weight excluding hydrogens is 410 g/mol. The Kier molecular flexibility index (Phi) is 7.41. The summed E-state index contributed by atoms with van der Waals surface area (Å²) in [7, 11) is 1.39. The lowest BCUT2D eigenvalue weighted by Crippen LogP contribution is -2.43. The average Bonchev–Trinajstić information content (AvgIpc) is 2.79. The van der Waals surface area contributed by atoms with Gasteiger partial charge in [-0.3, -0.25) is 14.8 Å². The number of methoxy groups -OCH3 is 1. The van der Waals surface area contributed by atoms with Gasteiger partial charge in [-0.15, -0.1) is 0 Å². The van der Waals surface area contributed by atoms with Crippen LogP contribution in [0.1, 0.15) is 19.3 Å². The molecular formula is C22H24F2N2O5. The topological polar surface area (TPSA) is 88.1 Å². The van der Waals surface area contributed by atoms with Crippen LogP contribution in [0.2, 0.25) is 0 Å². The third-order valence-corrected chi connectivity index (χ3v) is 5.20. The first kappa shape index (κ1) is 22.5. The normalized spacial score (nSPS) is 16.0. The number of likely N-dealkylation sites (tertiary alicyclic amines) is 1. The van der Waals surface area contributed by atoms with Gasteiger partial charge < -0.3 is 14.4 Å². The Labute approximate surface area is 178 Å². The smallest absolute Gasteiger partial charge is 0.252 e. The third-order valence-electron chi connectivity index (χ3n) is 5.20. The predicted octanol–water partition coefficient (Wildman–Crippen LogP) is 3.15. The van der Waals surface area contributed by atoms with Gasteiger partial charge in [-0.05, 0) is 36.6 Å². The maximum absolute atomic E-state index is 13.6. The van der Waals surface area contributed by atoms with Crippen LogP contribution < -0.4 is 15.0 Å². The molecule has 1 saturated heterocycles. The number of nitrogens with one attached hydrogen (secondary N) is 1. The highest BCUT2D eigenvalue weighted by molar-refractivity contribution is 5.96. The highest BCUT2D eigenvalue weighted by Crippen LogP contribution is 2.33. The quantitative estimate of drug-likeness (QED) is 0.397. The molecule has 1 atom stereocenters. The van der Waals surface area contributed by atoms with E-state index in [0.717, 1.165) is 25.0 Å². The number of carbonyl (C=O) groups excluding carboxylic acids is 2. The van der Waals surface area contributed by atoms with Gasteiger partial charge in [0.15, 0.2) is 11.6 Å². The molecule has 2 amide bonds. The molecule has 0 aromatic heterocycles. The standard InChI is InChI=1S/C22H24F2N2O5/c1-30-20-10-19(24)18(23)9-17(20)15-4-6-16(7-5-15)31-13-14-3-2-8-26(12-14)22(28)11-21(27)25-29/h4-7,9-10,14,29H,2-3,8,11-13H2,1H3,(H,25,27). The molecule has 2 N–H and O–H groups in total. The third kappa shape index (κ3) is 5.69. The van der Waals surface area contributed by atoms with E-state index in [2.05, 4.69) is 0 Å². The van der Waals surface area contributed by atoms with Crippen molar-refractivity contribution in [3.63, 3.8) is 0 Å². The molecule has 166 valence electrons. The fourth-order valence-corrected chi connectivity index (χ4v) is 3.58. The van der Waals surface area contributed by atoms with Crippen molar-refractivity contribution in [3.8, 4) is 22.6 Å². The van der Waals surface area contributed by atoms with Crippen LogP contribution in [0.4, 0.5) is 8.78 Å². The van der Waals surface area contributed by atoms with Crippen molar-refractivity contribution in [3.05, 3.63) is 48.0 Å². The molecule has 2 aromatic carbocycles. The van der Waals surface area contributed by atoms with Crippen LogP contribution in [0.3, 0.4) is 0 Å². The Balaban J connectivity index is 1.59. The van der Waals surface area contributed by atoms with Gasteiger partial charge in [-0.25, -0.2) is 14.3 Å². The largest absolute Gasteiger partial charge is 0.496 e. The van der Waals surface area contributed by atoms with Crippen molar-refractivity contribution in [2.75, 3.05) is 26.8 Å². The molecule has 0 spiro atoms. The molecule has 0 bridgehead atoms. The maximum atomic E-state index is 13.6. The van der Waals surface area contributed by atoms with Gasteiger partial charge in [0.25, 0.3) is 5.91 Å².